The fourth-order valence-electron chi connectivity index (χ4n) is 2.68. The largest absolute Gasteiger partial charge is 0.475 e. The van der Waals surface area contributed by atoms with E-state index >= 15 is 0 Å². The van der Waals surface area contributed by atoms with Crippen LogP contribution in [0.1, 0.15) is 24.2 Å². The maximum Gasteiger partial charge on any atom is 0.257 e. The second-order valence-electron chi connectivity index (χ2n) is 6.12. The summed E-state index contributed by atoms with van der Waals surface area (Å²) in [7, 11) is 0. The first-order valence-electron chi connectivity index (χ1n) is 8.49. The first-order chi connectivity index (χ1) is 12.1. The van der Waals surface area contributed by atoms with Gasteiger partial charge in [-0.2, -0.15) is 0 Å². The zero-order valence-electron chi connectivity index (χ0n) is 14.6. The summed E-state index contributed by atoms with van der Waals surface area (Å²) in [5, 5.41) is 2.98. The summed E-state index contributed by atoms with van der Waals surface area (Å²) in [6.45, 7) is 6.90. The number of aromatic nitrogens is 1. The van der Waals surface area contributed by atoms with Crippen molar-refractivity contribution in [1.29, 1.82) is 0 Å². The third-order valence-electron chi connectivity index (χ3n) is 3.86. The van der Waals surface area contributed by atoms with Crippen molar-refractivity contribution in [1.82, 2.24) is 4.98 Å². The summed E-state index contributed by atoms with van der Waals surface area (Å²) in [6.07, 6.45) is 1.58. The molecule has 1 saturated heterocycles. The zero-order chi connectivity index (χ0) is 17.6. The lowest BCUT2D eigenvalue weighted by Crippen LogP contribution is -2.36. The Morgan fingerprint density at radius 2 is 1.96 bits per heavy atom. The number of nitrogens with zero attached hydrogens (tertiary/aromatic N) is 2. The van der Waals surface area contributed by atoms with E-state index in [2.05, 4.69) is 15.2 Å². The third-order valence-corrected chi connectivity index (χ3v) is 3.86. The first kappa shape index (κ1) is 17.2. The fraction of sp³-hybridized carbons (Fsp3) is 0.368. The summed E-state index contributed by atoms with van der Waals surface area (Å²) >= 11 is 0. The summed E-state index contributed by atoms with van der Waals surface area (Å²) < 4.78 is 10.9. The van der Waals surface area contributed by atoms with Crippen molar-refractivity contribution >= 4 is 17.3 Å². The Morgan fingerprint density at radius 3 is 2.64 bits per heavy atom. The van der Waals surface area contributed by atoms with Crippen molar-refractivity contribution in [2.75, 3.05) is 36.5 Å². The van der Waals surface area contributed by atoms with Crippen LogP contribution in [0.2, 0.25) is 0 Å². The lowest BCUT2D eigenvalue weighted by Gasteiger charge is -2.30. The van der Waals surface area contributed by atoms with Crippen molar-refractivity contribution in [3.63, 3.8) is 0 Å². The molecule has 0 saturated carbocycles. The fourth-order valence-corrected chi connectivity index (χ4v) is 2.68. The molecule has 3 rings (SSSR count). The predicted octanol–water partition coefficient (Wildman–Crippen LogP) is 2.96. The van der Waals surface area contributed by atoms with Crippen LogP contribution in [0, 0.1) is 0 Å². The SMILES string of the molecule is CC(C)Oc1ccc(C(=O)Nc2ccccc2N2CCOCC2)cn1. The van der Waals surface area contributed by atoms with Crippen LogP contribution in [0.15, 0.2) is 42.6 Å². The molecule has 0 aliphatic carbocycles. The van der Waals surface area contributed by atoms with Gasteiger partial charge >= 0.3 is 0 Å². The van der Waals surface area contributed by atoms with Gasteiger partial charge in [0, 0.05) is 25.4 Å². The summed E-state index contributed by atoms with van der Waals surface area (Å²) in [6, 6.07) is 11.2. The van der Waals surface area contributed by atoms with Crippen LogP contribution < -0.4 is 15.0 Å². The number of para-hydroxylation sites is 2. The van der Waals surface area contributed by atoms with Crippen molar-refractivity contribution in [3.05, 3.63) is 48.2 Å². The van der Waals surface area contributed by atoms with Gasteiger partial charge in [0.1, 0.15) is 0 Å². The Labute approximate surface area is 147 Å². The molecule has 1 fully saturated rings. The second kappa shape index (κ2) is 7.98. The van der Waals surface area contributed by atoms with Gasteiger partial charge in [0.2, 0.25) is 5.88 Å². The van der Waals surface area contributed by atoms with Crippen LogP contribution in [-0.2, 0) is 4.74 Å². The van der Waals surface area contributed by atoms with E-state index < -0.39 is 0 Å². The summed E-state index contributed by atoms with van der Waals surface area (Å²) in [4.78, 5) is 19.0. The summed E-state index contributed by atoms with van der Waals surface area (Å²) in [5.41, 5.74) is 2.29. The number of hydrogen-bond acceptors (Lipinski definition) is 5. The molecule has 2 heterocycles. The standard InChI is InChI=1S/C19H23N3O3/c1-14(2)25-18-8-7-15(13-20-18)19(23)21-16-5-3-4-6-17(16)22-9-11-24-12-10-22/h3-8,13-14H,9-12H2,1-2H3,(H,21,23). The number of anilines is 2. The Morgan fingerprint density at radius 1 is 1.20 bits per heavy atom. The predicted molar refractivity (Wildman–Crippen MR) is 97.4 cm³/mol. The molecule has 132 valence electrons. The molecule has 1 aromatic carbocycles. The Balaban J connectivity index is 1.72. The Kier molecular flexibility index (Phi) is 5.50. The normalized spacial score (nSPS) is 14.4. The minimum Gasteiger partial charge on any atom is -0.475 e. The molecule has 1 aliphatic rings. The minimum atomic E-state index is -0.190. The quantitative estimate of drug-likeness (QED) is 0.906. The Bertz CT molecular complexity index is 710. The number of hydrogen-bond donors (Lipinski definition) is 1. The van der Waals surface area contributed by atoms with Gasteiger partial charge in [-0.15, -0.1) is 0 Å². The van der Waals surface area contributed by atoms with Gasteiger partial charge in [-0.1, -0.05) is 12.1 Å². The molecule has 0 radical (unpaired) electrons. The lowest BCUT2D eigenvalue weighted by atomic mass is 10.2. The molecule has 1 aromatic heterocycles. The van der Waals surface area contributed by atoms with E-state index in [-0.39, 0.29) is 12.0 Å². The van der Waals surface area contributed by atoms with Crippen LogP contribution in [0.3, 0.4) is 0 Å². The summed E-state index contributed by atoms with van der Waals surface area (Å²) in [5.74, 6) is 0.324. The highest BCUT2D eigenvalue weighted by Gasteiger charge is 2.16. The molecule has 6 nitrogen and oxygen atoms in total. The number of ether oxygens (including phenoxy) is 2. The van der Waals surface area contributed by atoms with Gasteiger partial charge in [0.25, 0.3) is 5.91 Å². The van der Waals surface area contributed by atoms with Gasteiger partial charge in [0.05, 0.1) is 36.3 Å². The molecule has 1 aliphatic heterocycles. The second-order valence-corrected chi connectivity index (χ2v) is 6.12. The maximum atomic E-state index is 12.5. The molecule has 0 spiro atoms. The number of rotatable bonds is 5. The number of carbonyl (C=O) groups is 1. The van der Waals surface area contributed by atoms with Crippen molar-refractivity contribution in [3.8, 4) is 5.88 Å². The molecule has 2 aromatic rings. The molecule has 0 atom stereocenters. The van der Waals surface area contributed by atoms with Gasteiger partial charge in [-0.25, -0.2) is 4.98 Å². The third kappa shape index (κ3) is 4.48. The molecule has 1 amide bonds. The van der Waals surface area contributed by atoms with E-state index in [4.69, 9.17) is 9.47 Å². The topological polar surface area (TPSA) is 63.7 Å². The van der Waals surface area contributed by atoms with E-state index in [9.17, 15) is 4.79 Å². The average Bonchev–Trinajstić information content (AvgIpc) is 2.63. The highest BCUT2D eigenvalue weighted by atomic mass is 16.5. The van der Waals surface area contributed by atoms with E-state index in [0.29, 0.717) is 24.7 Å². The number of carbonyl (C=O) groups excluding carboxylic acids is 1. The van der Waals surface area contributed by atoms with E-state index in [1.54, 1.807) is 12.1 Å². The lowest BCUT2D eigenvalue weighted by molar-refractivity contribution is 0.102. The highest BCUT2D eigenvalue weighted by Crippen LogP contribution is 2.26. The smallest absolute Gasteiger partial charge is 0.257 e. The number of morpholine rings is 1. The van der Waals surface area contributed by atoms with E-state index in [1.807, 2.05) is 38.1 Å². The number of benzene rings is 1. The van der Waals surface area contributed by atoms with Crippen LogP contribution in [0.5, 0.6) is 5.88 Å². The van der Waals surface area contributed by atoms with Crippen LogP contribution in [0.4, 0.5) is 11.4 Å². The highest BCUT2D eigenvalue weighted by molar-refractivity contribution is 6.05. The number of amides is 1. The molecular weight excluding hydrogens is 318 g/mol. The Hall–Kier alpha value is -2.60. The molecular formula is C19H23N3O3. The molecule has 6 heteroatoms. The van der Waals surface area contributed by atoms with Crippen LogP contribution in [-0.4, -0.2) is 43.3 Å². The first-order valence-corrected chi connectivity index (χ1v) is 8.49. The van der Waals surface area contributed by atoms with Crippen molar-refractivity contribution < 1.29 is 14.3 Å². The monoisotopic (exact) mass is 341 g/mol. The van der Waals surface area contributed by atoms with E-state index in [0.717, 1.165) is 24.5 Å². The molecule has 1 N–H and O–H groups in total. The van der Waals surface area contributed by atoms with Gasteiger partial charge in [0.15, 0.2) is 0 Å². The van der Waals surface area contributed by atoms with Crippen LogP contribution in [0.25, 0.3) is 0 Å². The van der Waals surface area contributed by atoms with Gasteiger partial charge < -0.3 is 19.7 Å². The van der Waals surface area contributed by atoms with Crippen LogP contribution >= 0.6 is 0 Å². The zero-order valence-corrected chi connectivity index (χ0v) is 14.6. The molecule has 25 heavy (non-hydrogen) atoms. The van der Waals surface area contributed by atoms with E-state index in [1.165, 1.54) is 6.20 Å². The molecule has 0 unspecified atom stereocenters. The number of pyridine rings is 1. The van der Waals surface area contributed by atoms with Crippen molar-refractivity contribution in [2.24, 2.45) is 0 Å². The minimum absolute atomic E-state index is 0.0487. The number of nitrogens with one attached hydrogen (secondary N) is 1. The average molecular weight is 341 g/mol. The van der Waals surface area contributed by atoms with Gasteiger partial charge in [-0.05, 0) is 32.0 Å². The van der Waals surface area contributed by atoms with Crippen molar-refractivity contribution in [2.45, 2.75) is 20.0 Å². The maximum absolute atomic E-state index is 12.5. The molecule has 0 bridgehead atoms. The van der Waals surface area contributed by atoms with Gasteiger partial charge in [-0.3, -0.25) is 4.79 Å².